The smallest absolute Gasteiger partial charge is 0.261 e. The number of benzene rings is 2. The zero-order valence-corrected chi connectivity index (χ0v) is 19.1. The molecule has 1 saturated heterocycles. The second kappa shape index (κ2) is 9.87. The molecule has 0 saturated carbocycles. The molecule has 0 aliphatic carbocycles. The third-order valence-electron chi connectivity index (χ3n) is 6.19. The second-order valence-corrected chi connectivity index (χ2v) is 8.63. The Balaban J connectivity index is 1.25. The molecule has 1 aliphatic rings. The summed E-state index contributed by atoms with van der Waals surface area (Å²) in [6.07, 6.45) is 3.32. The lowest BCUT2D eigenvalue weighted by Crippen LogP contribution is -2.40. The molecule has 0 atom stereocenters. The Bertz CT molecular complexity index is 1260. The van der Waals surface area contributed by atoms with Gasteiger partial charge in [0.2, 0.25) is 11.7 Å². The SMILES string of the molecule is Cc1cccc(-c2noc(-c3cccnc3N3CCC(C(=O)NCc4ccccc4)CC3)n2)c1. The fraction of sp³-hybridized carbons (Fsp3) is 0.259. The van der Waals surface area contributed by atoms with E-state index in [-0.39, 0.29) is 11.8 Å². The predicted octanol–water partition coefficient (Wildman–Crippen LogP) is 4.64. The molecule has 5 rings (SSSR count). The average molecular weight is 454 g/mol. The lowest BCUT2D eigenvalue weighted by Gasteiger charge is -2.32. The van der Waals surface area contributed by atoms with E-state index in [9.17, 15) is 4.79 Å². The van der Waals surface area contributed by atoms with E-state index >= 15 is 0 Å². The number of pyridine rings is 1. The zero-order valence-electron chi connectivity index (χ0n) is 19.1. The summed E-state index contributed by atoms with van der Waals surface area (Å²) in [5.74, 6) is 1.93. The van der Waals surface area contributed by atoms with Gasteiger partial charge < -0.3 is 14.7 Å². The monoisotopic (exact) mass is 453 g/mol. The molecule has 34 heavy (non-hydrogen) atoms. The molecule has 3 heterocycles. The number of carbonyl (C=O) groups excluding carboxylic acids is 1. The molecular weight excluding hydrogens is 426 g/mol. The predicted molar refractivity (Wildman–Crippen MR) is 131 cm³/mol. The standard InChI is InChI=1S/C27H27N5O2/c1-19-7-5-10-22(17-19)24-30-27(34-31-24)23-11-6-14-28-25(23)32-15-12-21(13-16-32)26(33)29-18-20-8-3-2-4-9-20/h2-11,14,17,21H,12-13,15-16,18H2,1H3,(H,29,33). The van der Waals surface area contributed by atoms with Crippen molar-refractivity contribution in [2.75, 3.05) is 18.0 Å². The number of amides is 1. The van der Waals surface area contributed by atoms with Gasteiger partial charge in [0, 0.05) is 37.3 Å². The third kappa shape index (κ3) is 4.83. The molecule has 2 aromatic carbocycles. The van der Waals surface area contributed by atoms with Gasteiger partial charge in [-0.15, -0.1) is 0 Å². The number of rotatable bonds is 6. The molecule has 1 amide bonds. The summed E-state index contributed by atoms with van der Waals surface area (Å²) >= 11 is 0. The first kappa shape index (κ1) is 21.8. The van der Waals surface area contributed by atoms with Crippen LogP contribution in [0, 0.1) is 12.8 Å². The Hall–Kier alpha value is -4.00. The van der Waals surface area contributed by atoms with Crippen molar-refractivity contribution in [1.29, 1.82) is 0 Å². The number of anilines is 1. The quantitative estimate of drug-likeness (QED) is 0.458. The lowest BCUT2D eigenvalue weighted by molar-refractivity contribution is -0.125. The van der Waals surface area contributed by atoms with Crippen LogP contribution < -0.4 is 10.2 Å². The maximum atomic E-state index is 12.7. The summed E-state index contributed by atoms with van der Waals surface area (Å²) in [6, 6.07) is 21.8. The van der Waals surface area contributed by atoms with Crippen molar-refractivity contribution in [3.05, 3.63) is 84.1 Å². The van der Waals surface area contributed by atoms with Gasteiger partial charge in [-0.05, 0) is 43.5 Å². The minimum absolute atomic E-state index is 0.00320. The highest BCUT2D eigenvalue weighted by Gasteiger charge is 2.27. The molecule has 0 unspecified atom stereocenters. The van der Waals surface area contributed by atoms with Gasteiger partial charge in [0.25, 0.3) is 5.89 Å². The molecule has 0 bridgehead atoms. The molecule has 0 spiro atoms. The van der Waals surface area contributed by atoms with Crippen LogP contribution in [-0.2, 0) is 11.3 Å². The maximum absolute atomic E-state index is 12.7. The fourth-order valence-electron chi connectivity index (χ4n) is 4.33. The van der Waals surface area contributed by atoms with E-state index in [2.05, 4.69) is 25.3 Å². The second-order valence-electron chi connectivity index (χ2n) is 8.63. The molecule has 1 N–H and O–H groups in total. The third-order valence-corrected chi connectivity index (χ3v) is 6.19. The highest BCUT2D eigenvalue weighted by molar-refractivity contribution is 5.79. The van der Waals surface area contributed by atoms with E-state index in [4.69, 9.17) is 4.52 Å². The van der Waals surface area contributed by atoms with Crippen molar-refractivity contribution in [2.45, 2.75) is 26.3 Å². The number of carbonyl (C=O) groups is 1. The van der Waals surface area contributed by atoms with Crippen LogP contribution in [0.3, 0.4) is 0 Å². The molecule has 1 fully saturated rings. The van der Waals surface area contributed by atoms with E-state index in [0.29, 0.717) is 18.3 Å². The first-order valence-electron chi connectivity index (χ1n) is 11.6. The van der Waals surface area contributed by atoms with Gasteiger partial charge in [-0.25, -0.2) is 4.98 Å². The molecular formula is C27H27N5O2. The number of hydrogen-bond donors (Lipinski definition) is 1. The topological polar surface area (TPSA) is 84.2 Å². The van der Waals surface area contributed by atoms with Gasteiger partial charge in [-0.2, -0.15) is 4.98 Å². The van der Waals surface area contributed by atoms with Crippen molar-refractivity contribution in [2.24, 2.45) is 5.92 Å². The van der Waals surface area contributed by atoms with Crippen LogP contribution in [0.15, 0.2) is 77.4 Å². The molecule has 4 aromatic rings. The number of nitrogens with zero attached hydrogens (tertiary/aromatic N) is 4. The zero-order chi connectivity index (χ0) is 23.3. The molecule has 1 aliphatic heterocycles. The normalized spacial score (nSPS) is 14.2. The summed E-state index contributed by atoms with van der Waals surface area (Å²) in [5, 5.41) is 7.26. The number of piperidine rings is 1. The van der Waals surface area contributed by atoms with Crippen LogP contribution in [-0.4, -0.2) is 34.1 Å². The minimum atomic E-state index is 0.00320. The Morgan fingerprint density at radius 3 is 2.68 bits per heavy atom. The van der Waals surface area contributed by atoms with Gasteiger partial charge in [0.1, 0.15) is 5.82 Å². The summed E-state index contributed by atoms with van der Waals surface area (Å²) < 4.78 is 5.62. The largest absolute Gasteiger partial charge is 0.356 e. The van der Waals surface area contributed by atoms with Gasteiger partial charge in [-0.3, -0.25) is 4.79 Å². The van der Waals surface area contributed by atoms with Gasteiger partial charge in [0.15, 0.2) is 0 Å². The van der Waals surface area contributed by atoms with Crippen molar-refractivity contribution in [1.82, 2.24) is 20.4 Å². The Kier molecular flexibility index (Phi) is 6.33. The van der Waals surface area contributed by atoms with Crippen molar-refractivity contribution >= 4 is 11.7 Å². The highest BCUT2D eigenvalue weighted by Crippen LogP contribution is 2.32. The van der Waals surface area contributed by atoms with Gasteiger partial charge >= 0.3 is 0 Å². The number of aromatic nitrogens is 3. The minimum Gasteiger partial charge on any atom is -0.356 e. The first-order valence-corrected chi connectivity index (χ1v) is 11.6. The van der Waals surface area contributed by atoms with Gasteiger partial charge in [-0.1, -0.05) is 59.3 Å². The maximum Gasteiger partial charge on any atom is 0.261 e. The number of aryl methyl sites for hydroxylation is 1. The van der Waals surface area contributed by atoms with Crippen LogP contribution in [0.25, 0.3) is 22.8 Å². The van der Waals surface area contributed by atoms with E-state index in [1.54, 1.807) is 6.20 Å². The van der Waals surface area contributed by atoms with E-state index in [1.807, 2.05) is 73.7 Å². The summed E-state index contributed by atoms with van der Waals surface area (Å²) in [6.45, 7) is 4.08. The van der Waals surface area contributed by atoms with Gasteiger partial charge in [0.05, 0.1) is 5.56 Å². The van der Waals surface area contributed by atoms with Crippen LogP contribution in [0.1, 0.15) is 24.0 Å². The highest BCUT2D eigenvalue weighted by atomic mass is 16.5. The summed E-state index contributed by atoms with van der Waals surface area (Å²) in [4.78, 5) is 24.1. The Labute approximate surface area is 198 Å². The van der Waals surface area contributed by atoms with E-state index in [1.165, 1.54) is 0 Å². The molecule has 7 heteroatoms. The molecule has 7 nitrogen and oxygen atoms in total. The van der Waals surface area contributed by atoms with Crippen LogP contribution in [0.2, 0.25) is 0 Å². The molecule has 172 valence electrons. The van der Waals surface area contributed by atoms with Crippen molar-refractivity contribution in [3.8, 4) is 22.8 Å². The first-order chi connectivity index (χ1) is 16.7. The summed E-state index contributed by atoms with van der Waals surface area (Å²) in [7, 11) is 0. The average Bonchev–Trinajstić information content (AvgIpc) is 3.38. The summed E-state index contributed by atoms with van der Waals surface area (Å²) in [5.41, 5.74) is 3.97. The van der Waals surface area contributed by atoms with Crippen molar-refractivity contribution < 1.29 is 9.32 Å². The fourth-order valence-corrected chi connectivity index (χ4v) is 4.33. The Morgan fingerprint density at radius 1 is 1.06 bits per heavy atom. The van der Waals surface area contributed by atoms with E-state index < -0.39 is 0 Å². The number of nitrogens with one attached hydrogen (secondary N) is 1. The molecule has 0 radical (unpaired) electrons. The lowest BCUT2D eigenvalue weighted by atomic mass is 9.95. The van der Waals surface area contributed by atoms with Crippen LogP contribution >= 0.6 is 0 Å². The van der Waals surface area contributed by atoms with Crippen LogP contribution in [0.4, 0.5) is 5.82 Å². The van der Waals surface area contributed by atoms with Crippen LogP contribution in [0.5, 0.6) is 0 Å². The Morgan fingerprint density at radius 2 is 1.88 bits per heavy atom. The van der Waals surface area contributed by atoms with Crippen molar-refractivity contribution in [3.63, 3.8) is 0 Å². The van der Waals surface area contributed by atoms with E-state index in [0.717, 1.165) is 54.0 Å². The number of hydrogen-bond acceptors (Lipinski definition) is 6. The molecule has 2 aromatic heterocycles.